The van der Waals surface area contributed by atoms with Gasteiger partial charge in [-0.05, 0) is 67.9 Å². The molecule has 1 aliphatic heterocycles. The van der Waals surface area contributed by atoms with E-state index in [0.29, 0.717) is 29.8 Å². The van der Waals surface area contributed by atoms with Crippen LogP contribution in [0.1, 0.15) is 24.3 Å². The number of carbonyl (C=O) groups excluding carboxylic acids is 1. The molecule has 3 aromatic rings. The molecular weight excluding hydrogens is 468 g/mol. The fourth-order valence-corrected chi connectivity index (χ4v) is 3.91. The maximum atomic E-state index is 12.5. The summed E-state index contributed by atoms with van der Waals surface area (Å²) >= 11 is 9.32. The molecule has 0 saturated carbocycles. The smallest absolute Gasteiger partial charge is 0.241 e. The van der Waals surface area contributed by atoms with Gasteiger partial charge in [0, 0.05) is 27.5 Å². The normalized spacial score (nSPS) is 15.3. The summed E-state index contributed by atoms with van der Waals surface area (Å²) in [5.74, 6) is 1.34. The lowest BCUT2D eigenvalue weighted by Crippen LogP contribution is -2.40. The second-order valence-corrected chi connectivity index (χ2v) is 8.77. The van der Waals surface area contributed by atoms with Crippen molar-refractivity contribution in [3.8, 4) is 11.4 Å². The van der Waals surface area contributed by atoms with Gasteiger partial charge in [-0.3, -0.25) is 9.69 Å². The van der Waals surface area contributed by atoms with Crippen LogP contribution in [0.15, 0.2) is 57.5 Å². The molecule has 1 amide bonds. The van der Waals surface area contributed by atoms with Crippen LogP contribution in [0.5, 0.6) is 0 Å². The number of halogens is 2. The van der Waals surface area contributed by atoms with Crippen LogP contribution in [0, 0.1) is 5.92 Å². The zero-order chi connectivity index (χ0) is 20.9. The zero-order valence-corrected chi connectivity index (χ0v) is 18.7. The monoisotopic (exact) mass is 488 g/mol. The Balaban J connectivity index is 1.24. The van der Waals surface area contributed by atoms with E-state index in [1.54, 1.807) is 0 Å². The summed E-state index contributed by atoms with van der Waals surface area (Å²) in [6.45, 7) is 2.78. The topological polar surface area (TPSA) is 71.3 Å². The van der Waals surface area contributed by atoms with E-state index in [9.17, 15) is 4.79 Å². The molecule has 1 saturated heterocycles. The van der Waals surface area contributed by atoms with Crippen molar-refractivity contribution in [1.29, 1.82) is 0 Å². The third-order valence-corrected chi connectivity index (χ3v) is 6.05. The van der Waals surface area contributed by atoms with Gasteiger partial charge >= 0.3 is 0 Å². The van der Waals surface area contributed by atoms with Crippen molar-refractivity contribution in [2.24, 2.45) is 5.92 Å². The first kappa shape index (κ1) is 21.0. The Morgan fingerprint density at radius 3 is 2.53 bits per heavy atom. The molecular formula is C22H22BrClN4O2. The van der Waals surface area contributed by atoms with Crippen molar-refractivity contribution >= 4 is 33.4 Å². The van der Waals surface area contributed by atoms with E-state index in [1.165, 1.54) is 0 Å². The van der Waals surface area contributed by atoms with E-state index < -0.39 is 0 Å². The van der Waals surface area contributed by atoms with Gasteiger partial charge in [-0.1, -0.05) is 44.8 Å². The Bertz CT molecular complexity index is 983. The van der Waals surface area contributed by atoms with Gasteiger partial charge in [-0.25, -0.2) is 0 Å². The van der Waals surface area contributed by atoms with E-state index in [0.717, 1.165) is 41.5 Å². The number of rotatable bonds is 6. The molecule has 0 radical (unpaired) electrons. The molecule has 0 spiro atoms. The SMILES string of the molecule is O=C(NCc1ccc(Cl)cc1)C1CCN(Cc2nc(-c3ccc(Br)cc3)no2)CC1. The summed E-state index contributed by atoms with van der Waals surface area (Å²) in [4.78, 5) is 19.2. The van der Waals surface area contributed by atoms with Crippen LogP contribution in [-0.2, 0) is 17.9 Å². The van der Waals surface area contributed by atoms with E-state index in [2.05, 4.69) is 36.3 Å². The Hall–Kier alpha value is -2.22. The third kappa shape index (κ3) is 5.47. The van der Waals surface area contributed by atoms with Crippen LogP contribution in [0.4, 0.5) is 0 Å². The van der Waals surface area contributed by atoms with Gasteiger partial charge in [-0.2, -0.15) is 4.98 Å². The molecule has 1 aromatic heterocycles. The Morgan fingerprint density at radius 2 is 1.83 bits per heavy atom. The molecule has 0 atom stereocenters. The highest BCUT2D eigenvalue weighted by atomic mass is 79.9. The van der Waals surface area contributed by atoms with Crippen LogP contribution in [0.25, 0.3) is 11.4 Å². The van der Waals surface area contributed by atoms with Gasteiger partial charge in [0.05, 0.1) is 6.54 Å². The predicted octanol–water partition coefficient (Wildman–Crippen LogP) is 4.68. The molecule has 2 heterocycles. The molecule has 0 bridgehead atoms. The first-order valence-electron chi connectivity index (χ1n) is 9.90. The van der Waals surface area contributed by atoms with Crippen LogP contribution < -0.4 is 5.32 Å². The summed E-state index contributed by atoms with van der Waals surface area (Å²) in [7, 11) is 0. The number of aromatic nitrogens is 2. The van der Waals surface area contributed by atoms with Gasteiger partial charge in [0.15, 0.2) is 0 Å². The highest BCUT2D eigenvalue weighted by Crippen LogP contribution is 2.22. The lowest BCUT2D eigenvalue weighted by atomic mass is 9.96. The Morgan fingerprint density at radius 1 is 1.13 bits per heavy atom. The standard InChI is InChI=1S/C22H22BrClN4O2/c23-18-5-3-16(4-6-18)21-26-20(30-27-21)14-28-11-9-17(10-12-28)22(29)25-13-15-1-7-19(24)8-2-15/h1-8,17H,9-14H2,(H,25,29). The summed E-state index contributed by atoms with van der Waals surface area (Å²) in [6.07, 6.45) is 1.64. The maximum Gasteiger partial charge on any atom is 0.241 e. The zero-order valence-electron chi connectivity index (χ0n) is 16.4. The first-order chi connectivity index (χ1) is 14.6. The van der Waals surface area contributed by atoms with Crippen molar-refractivity contribution in [1.82, 2.24) is 20.4 Å². The molecule has 1 N–H and O–H groups in total. The lowest BCUT2D eigenvalue weighted by Gasteiger charge is -2.30. The molecule has 8 heteroatoms. The van der Waals surface area contributed by atoms with E-state index in [-0.39, 0.29) is 11.8 Å². The highest BCUT2D eigenvalue weighted by Gasteiger charge is 2.25. The van der Waals surface area contributed by atoms with Crippen molar-refractivity contribution in [3.05, 3.63) is 69.5 Å². The molecule has 6 nitrogen and oxygen atoms in total. The summed E-state index contributed by atoms with van der Waals surface area (Å²) < 4.78 is 6.43. The number of hydrogen-bond acceptors (Lipinski definition) is 5. The second-order valence-electron chi connectivity index (χ2n) is 7.41. The summed E-state index contributed by atoms with van der Waals surface area (Å²) in [6, 6.07) is 15.3. The molecule has 2 aromatic carbocycles. The minimum Gasteiger partial charge on any atom is -0.352 e. The van der Waals surface area contributed by atoms with Crippen molar-refractivity contribution in [2.45, 2.75) is 25.9 Å². The Kier molecular flexibility index (Phi) is 6.82. The van der Waals surface area contributed by atoms with E-state index in [1.807, 2.05) is 48.5 Å². The van der Waals surface area contributed by atoms with Crippen molar-refractivity contribution in [3.63, 3.8) is 0 Å². The van der Waals surface area contributed by atoms with Gasteiger partial charge in [-0.15, -0.1) is 0 Å². The fraction of sp³-hybridized carbons (Fsp3) is 0.318. The average Bonchev–Trinajstić information content (AvgIpc) is 3.22. The number of nitrogens with zero attached hydrogens (tertiary/aromatic N) is 3. The van der Waals surface area contributed by atoms with Crippen LogP contribution in [-0.4, -0.2) is 34.0 Å². The quantitative estimate of drug-likeness (QED) is 0.544. The van der Waals surface area contributed by atoms with E-state index >= 15 is 0 Å². The van der Waals surface area contributed by atoms with Crippen molar-refractivity contribution in [2.75, 3.05) is 13.1 Å². The number of piperidine rings is 1. The Labute approximate surface area is 188 Å². The van der Waals surface area contributed by atoms with Crippen LogP contribution in [0.3, 0.4) is 0 Å². The number of amides is 1. The molecule has 4 rings (SSSR count). The minimum absolute atomic E-state index is 0.0366. The molecule has 0 unspecified atom stereocenters. The first-order valence-corrected chi connectivity index (χ1v) is 11.1. The fourth-order valence-electron chi connectivity index (χ4n) is 3.52. The molecule has 1 fully saturated rings. The highest BCUT2D eigenvalue weighted by molar-refractivity contribution is 9.10. The van der Waals surface area contributed by atoms with Crippen molar-refractivity contribution < 1.29 is 9.32 Å². The molecule has 0 aliphatic carbocycles. The summed E-state index contributed by atoms with van der Waals surface area (Å²) in [5.41, 5.74) is 1.97. The lowest BCUT2D eigenvalue weighted by molar-refractivity contribution is -0.126. The van der Waals surface area contributed by atoms with Gasteiger partial charge in [0.2, 0.25) is 17.6 Å². The minimum atomic E-state index is 0.0366. The number of benzene rings is 2. The third-order valence-electron chi connectivity index (χ3n) is 5.27. The largest absolute Gasteiger partial charge is 0.352 e. The van der Waals surface area contributed by atoms with Gasteiger partial charge < -0.3 is 9.84 Å². The van der Waals surface area contributed by atoms with E-state index in [4.69, 9.17) is 16.1 Å². The predicted molar refractivity (Wildman–Crippen MR) is 119 cm³/mol. The molecule has 156 valence electrons. The van der Waals surface area contributed by atoms with Gasteiger partial charge in [0.25, 0.3) is 0 Å². The maximum absolute atomic E-state index is 12.5. The summed E-state index contributed by atoms with van der Waals surface area (Å²) in [5, 5.41) is 7.81. The molecule has 30 heavy (non-hydrogen) atoms. The second kappa shape index (κ2) is 9.73. The van der Waals surface area contributed by atoms with Crippen LogP contribution in [0.2, 0.25) is 5.02 Å². The van der Waals surface area contributed by atoms with Gasteiger partial charge in [0.1, 0.15) is 0 Å². The van der Waals surface area contributed by atoms with Crippen LogP contribution >= 0.6 is 27.5 Å². The molecule has 1 aliphatic rings. The number of nitrogens with one attached hydrogen (secondary N) is 1. The average molecular weight is 490 g/mol. The number of carbonyl (C=O) groups is 1. The number of hydrogen-bond donors (Lipinski definition) is 1. The number of likely N-dealkylation sites (tertiary alicyclic amines) is 1.